The molecule has 11 heavy (non-hydrogen) atoms. The van der Waals surface area contributed by atoms with Crippen LogP contribution in [0.25, 0.3) is 0 Å². The van der Waals surface area contributed by atoms with Gasteiger partial charge in [0.15, 0.2) is 0 Å². The van der Waals surface area contributed by atoms with E-state index >= 15 is 0 Å². The van der Waals surface area contributed by atoms with Gasteiger partial charge in [0.05, 0.1) is 0 Å². The first-order chi connectivity index (χ1) is 5.43. The minimum absolute atomic E-state index is 1.02. The average molecular weight is 156 g/mol. The largest absolute Gasteiger partial charge is 0.317 e. The zero-order chi connectivity index (χ0) is 7.94. The molecule has 0 unspecified atom stereocenters. The fraction of sp³-hybridized carbons (Fsp3) is 1.00. The molecule has 66 valence electrons. The van der Waals surface area contributed by atoms with Crippen LogP contribution in [0, 0.1) is 5.92 Å². The van der Waals surface area contributed by atoms with Crippen molar-refractivity contribution in [1.29, 1.82) is 0 Å². The zero-order valence-electron chi connectivity index (χ0n) is 7.53. The summed E-state index contributed by atoms with van der Waals surface area (Å²) >= 11 is 0. The first-order valence-electron chi connectivity index (χ1n) is 4.85. The molecule has 0 aromatic rings. The third kappa shape index (κ3) is 5.22. The van der Waals surface area contributed by atoms with Gasteiger partial charge in [-0.2, -0.15) is 0 Å². The summed E-state index contributed by atoms with van der Waals surface area (Å²) in [5.74, 6) is 1.02. The van der Waals surface area contributed by atoms with Crippen LogP contribution in [0.2, 0.25) is 0 Å². The molecule has 1 fully saturated rings. The standard InChI is InChI=1S/C9H20N2/c1-2-10-6-3-7-11-8-9-4-5-9/h9-11H,2-8H2,1H3. The summed E-state index contributed by atoms with van der Waals surface area (Å²) in [6.45, 7) is 6.85. The van der Waals surface area contributed by atoms with Crippen molar-refractivity contribution in [3.8, 4) is 0 Å². The number of hydrogen-bond acceptors (Lipinski definition) is 2. The van der Waals surface area contributed by atoms with Crippen LogP contribution >= 0.6 is 0 Å². The topological polar surface area (TPSA) is 24.1 Å². The summed E-state index contributed by atoms with van der Waals surface area (Å²) in [6, 6.07) is 0. The van der Waals surface area contributed by atoms with Gasteiger partial charge in [-0.3, -0.25) is 0 Å². The Morgan fingerprint density at radius 3 is 2.55 bits per heavy atom. The number of rotatable bonds is 7. The molecule has 0 aromatic carbocycles. The molecule has 0 heterocycles. The molecule has 0 saturated heterocycles. The molecule has 0 spiro atoms. The maximum atomic E-state index is 3.47. The van der Waals surface area contributed by atoms with Crippen molar-refractivity contribution in [1.82, 2.24) is 10.6 Å². The van der Waals surface area contributed by atoms with E-state index in [4.69, 9.17) is 0 Å². The Bertz CT molecular complexity index is 89.6. The van der Waals surface area contributed by atoms with Crippen LogP contribution in [0.1, 0.15) is 26.2 Å². The molecule has 2 nitrogen and oxygen atoms in total. The molecule has 2 heteroatoms. The third-order valence-electron chi connectivity index (χ3n) is 2.09. The Morgan fingerprint density at radius 1 is 1.18 bits per heavy atom. The van der Waals surface area contributed by atoms with Gasteiger partial charge < -0.3 is 10.6 Å². The first kappa shape index (κ1) is 9.01. The molecule has 2 N–H and O–H groups in total. The van der Waals surface area contributed by atoms with E-state index in [1.807, 2.05) is 0 Å². The van der Waals surface area contributed by atoms with Gasteiger partial charge in [0.25, 0.3) is 0 Å². The highest BCUT2D eigenvalue weighted by Gasteiger charge is 2.19. The number of hydrogen-bond donors (Lipinski definition) is 2. The van der Waals surface area contributed by atoms with Gasteiger partial charge >= 0.3 is 0 Å². The first-order valence-corrected chi connectivity index (χ1v) is 4.85. The Kier molecular flexibility index (Phi) is 4.55. The van der Waals surface area contributed by atoms with Crippen LogP contribution < -0.4 is 10.6 Å². The van der Waals surface area contributed by atoms with Gasteiger partial charge in [0.2, 0.25) is 0 Å². The van der Waals surface area contributed by atoms with Crippen LogP contribution in [-0.4, -0.2) is 26.2 Å². The summed E-state index contributed by atoms with van der Waals surface area (Å²) in [6.07, 6.45) is 4.18. The summed E-state index contributed by atoms with van der Waals surface area (Å²) in [7, 11) is 0. The Hall–Kier alpha value is -0.0800. The van der Waals surface area contributed by atoms with Gasteiger partial charge in [-0.05, 0) is 51.4 Å². The van der Waals surface area contributed by atoms with Crippen LogP contribution in [-0.2, 0) is 0 Å². The van der Waals surface area contributed by atoms with E-state index in [-0.39, 0.29) is 0 Å². The molecule has 1 aliphatic carbocycles. The van der Waals surface area contributed by atoms with Crippen molar-refractivity contribution in [2.45, 2.75) is 26.2 Å². The summed E-state index contributed by atoms with van der Waals surface area (Å²) in [5, 5.41) is 6.78. The summed E-state index contributed by atoms with van der Waals surface area (Å²) < 4.78 is 0. The molecule has 0 amide bonds. The van der Waals surface area contributed by atoms with Crippen molar-refractivity contribution in [3.05, 3.63) is 0 Å². The van der Waals surface area contributed by atoms with Crippen molar-refractivity contribution in [2.24, 2.45) is 5.92 Å². The molecule has 0 aromatic heterocycles. The Balaban J connectivity index is 1.66. The van der Waals surface area contributed by atoms with Crippen LogP contribution in [0.3, 0.4) is 0 Å². The van der Waals surface area contributed by atoms with E-state index in [1.165, 1.54) is 32.4 Å². The van der Waals surface area contributed by atoms with Crippen LogP contribution in [0.15, 0.2) is 0 Å². The second-order valence-corrected chi connectivity index (χ2v) is 3.35. The molecule has 1 rings (SSSR count). The molecule has 0 bridgehead atoms. The predicted molar refractivity (Wildman–Crippen MR) is 48.8 cm³/mol. The maximum absolute atomic E-state index is 3.47. The molecule has 0 aliphatic heterocycles. The number of nitrogens with one attached hydrogen (secondary N) is 2. The van der Waals surface area contributed by atoms with Crippen molar-refractivity contribution in [3.63, 3.8) is 0 Å². The van der Waals surface area contributed by atoms with E-state index in [0.29, 0.717) is 0 Å². The minimum atomic E-state index is 1.02. The highest BCUT2D eigenvalue weighted by molar-refractivity contribution is 4.74. The highest BCUT2D eigenvalue weighted by atomic mass is 14.9. The van der Waals surface area contributed by atoms with Crippen LogP contribution in [0.4, 0.5) is 0 Å². The smallest absolute Gasteiger partial charge is 0.00205 e. The van der Waals surface area contributed by atoms with Crippen molar-refractivity contribution >= 4 is 0 Å². The highest BCUT2D eigenvalue weighted by Crippen LogP contribution is 2.27. The van der Waals surface area contributed by atoms with E-state index in [0.717, 1.165) is 19.0 Å². The van der Waals surface area contributed by atoms with Gasteiger partial charge in [-0.1, -0.05) is 6.92 Å². The lowest BCUT2D eigenvalue weighted by Gasteiger charge is -2.03. The van der Waals surface area contributed by atoms with Gasteiger partial charge in [0, 0.05) is 0 Å². The van der Waals surface area contributed by atoms with Crippen molar-refractivity contribution in [2.75, 3.05) is 26.2 Å². The lowest BCUT2D eigenvalue weighted by Crippen LogP contribution is -2.23. The second kappa shape index (κ2) is 5.56. The van der Waals surface area contributed by atoms with E-state index < -0.39 is 0 Å². The Morgan fingerprint density at radius 2 is 1.91 bits per heavy atom. The predicted octanol–water partition coefficient (Wildman–Crippen LogP) is 0.986. The quantitative estimate of drug-likeness (QED) is 0.537. The van der Waals surface area contributed by atoms with E-state index in [1.54, 1.807) is 0 Å². The summed E-state index contributed by atoms with van der Waals surface area (Å²) in [4.78, 5) is 0. The van der Waals surface area contributed by atoms with Crippen LogP contribution in [0.5, 0.6) is 0 Å². The normalized spacial score (nSPS) is 17.2. The fourth-order valence-electron chi connectivity index (χ4n) is 1.14. The fourth-order valence-corrected chi connectivity index (χ4v) is 1.14. The molecular weight excluding hydrogens is 136 g/mol. The molecule has 1 saturated carbocycles. The van der Waals surface area contributed by atoms with Gasteiger partial charge in [0.1, 0.15) is 0 Å². The van der Waals surface area contributed by atoms with E-state index in [2.05, 4.69) is 17.6 Å². The lowest BCUT2D eigenvalue weighted by molar-refractivity contribution is 0.586. The average Bonchev–Trinajstić information content (AvgIpc) is 2.80. The van der Waals surface area contributed by atoms with E-state index in [9.17, 15) is 0 Å². The second-order valence-electron chi connectivity index (χ2n) is 3.35. The Labute approximate surface area is 69.8 Å². The minimum Gasteiger partial charge on any atom is -0.317 e. The lowest BCUT2D eigenvalue weighted by atomic mass is 10.4. The third-order valence-corrected chi connectivity index (χ3v) is 2.09. The van der Waals surface area contributed by atoms with Gasteiger partial charge in [-0.25, -0.2) is 0 Å². The zero-order valence-corrected chi connectivity index (χ0v) is 7.53. The van der Waals surface area contributed by atoms with Gasteiger partial charge in [-0.15, -0.1) is 0 Å². The molecule has 0 radical (unpaired) electrons. The monoisotopic (exact) mass is 156 g/mol. The SMILES string of the molecule is CCNCCCNCC1CC1. The maximum Gasteiger partial charge on any atom is -0.00205 e. The van der Waals surface area contributed by atoms with Crippen molar-refractivity contribution < 1.29 is 0 Å². The molecular formula is C9H20N2. The molecule has 1 aliphatic rings. The summed E-state index contributed by atoms with van der Waals surface area (Å²) in [5.41, 5.74) is 0. The molecule has 0 atom stereocenters.